The van der Waals surface area contributed by atoms with Crippen molar-refractivity contribution in [2.24, 2.45) is 5.73 Å². The van der Waals surface area contributed by atoms with Gasteiger partial charge in [0.15, 0.2) is 0 Å². The number of carbonyl (C=O) groups is 2. The van der Waals surface area contributed by atoms with Crippen LogP contribution >= 0.6 is 0 Å². The number of benzene rings is 3. The second-order valence-corrected chi connectivity index (χ2v) is 7.87. The molecular weight excluding hydrogens is 438 g/mol. The number of para-hydroxylation sites is 1. The van der Waals surface area contributed by atoms with Crippen LogP contribution in [0.2, 0.25) is 0 Å². The van der Waals surface area contributed by atoms with Gasteiger partial charge in [-0.1, -0.05) is 18.2 Å². The molecule has 1 heterocycles. The Morgan fingerprint density at radius 3 is 2.29 bits per heavy atom. The summed E-state index contributed by atoms with van der Waals surface area (Å²) >= 11 is 0. The summed E-state index contributed by atoms with van der Waals surface area (Å²) in [4.78, 5) is 26.4. The summed E-state index contributed by atoms with van der Waals surface area (Å²) in [6.45, 7) is 0. The fourth-order valence-corrected chi connectivity index (χ4v) is 3.94. The van der Waals surface area contributed by atoms with Crippen LogP contribution in [0.5, 0.6) is 11.5 Å². The first-order valence-electron chi connectivity index (χ1n) is 10.2. The number of aromatic hydroxyl groups is 2. The number of amidine groups is 1. The number of hydrogen-bond acceptors (Lipinski definition) is 5. The van der Waals surface area contributed by atoms with Gasteiger partial charge in [0.25, 0.3) is 0 Å². The summed E-state index contributed by atoms with van der Waals surface area (Å²) in [5.41, 5.74) is 8.02. The predicted molar refractivity (Wildman–Crippen MR) is 126 cm³/mol. The molecule has 8 N–H and O–H groups in total. The van der Waals surface area contributed by atoms with Crippen molar-refractivity contribution in [1.82, 2.24) is 4.98 Å². The Balaban J connectivity index is 1.98. The molecule has 1 atom stereocenters. The lowest BCUT2D eigenvalue weighted by molar-refractivity contribution is -0.145. The second-order valence-electron chi connectivity index (χ2n) is 7.87. The molecule has 34 heavy (non-hydrogen) atoms. The van der Waals surface area contributed by atoms with Gasteiger partial charge in [-0.15, -0.1) is 0 Å². The summed E-state index contributed by atoms with van der Waals surface area (Å²) in [5, 5.41) is 48.8. The number of nitrogens with two attached hydrogens (primary N) is 1. The molecule has 0 saturated carbocycles. The van der Waals surface area contributed by atoms with Gasteiger partial charge in [-0.25, -0.2) is 0 Å². The molecule has 0 aliphatic carbocycles. The van der Waals surface area contributed by atoms with Crippen LogP contribution in [0.25, 0.3) is 33.3 Å². The molecule has 4 rings (SSSR count). The summed E-state index contributed by atoms with van der Waals surface area (Å²) in [6.07, 6.45) is -0.658. The number of phenols is 2. The number of aromatic nitrogens is 1. The van der Waals surface area contributed by atoms with E-state index in [4.69, 9.17) is 11.1 Å². The molecule has 0 amide bonds. The monoisotopic (exact) mass is 459 g/mol. The first-order valence-corrected chi connectivity index (χ1v) is 10.2. The molecule has 3 aromatic carbocycles. The minimum atomic E-state index is -1.38. The average Bonchev–Trinajstić information content (AvgIpc) is 3.21. The number of hydrogen-bond donors (Lipinski definition) is 7. The quantitative estimate of drug-likeness (QED) is 0.162. The van der Waals surface area contributed by atoms with Gasteiger partial charge in [0.2, 0.25) is 0 Å². The van der Waals surface area contributed by atoms with Gasteiger partial charge in [0.05, 0.1) is 18.0 Å². The van der Waals surface area contributed by atoms with Gasteiger partial charge in [0, 0.05) is 33.2 Å². The zero-order valence-corrected chi connectivity index (χ0v) is 17.7. The molecular formula is C25H21N3O6. The van der Waals surface area contributed by atoms with Crippen LogP contribution in [0.1, 0.15) is 23.5 Å². The van der Waals surface area contributed by atoms with Crippen LogP contribution in [0, 0.1) is 5.41 Å². The van der Waals surface area contributed by atoms with E-state index in [2.05, 4.69) is 4.98 Å². The van der Waals surface area contributed by atoms with Gasteiger partial charge in [-0.3, -0.25) is 15.0 Å². The topological polar surface area (TPSA) is 181 Å². The van der Waals surface area contributed by atoms with Crippen LogP contribution in [0.15, 0.2) is 60.7 Å². The predicted octanol–water partition coefficient (Wildman–Crippen LogP) is 3.84. The van der Waals surface area contributed by atoms with Gasteiger partial charge < -0.3 is 31.1 Å². The van der Waals surface area contributed by atoms with Gasteiger partial charge in [-0.05, 0) is 48.0 Å². The number of H-pyrrole nitrogens is 1. The highest BCUT2D eigenvalue weighted by atomic mass is 16.4. The zero-order chi connectivity index (χ0) is 24.6. The zero-order valence-electron chi connectivity index (χ0n) is 17.7. The van der Waals surface area contributed by atoms with Crippen LogP contribution in [0.3, 0.4) is 0 Å². The third-order valence-electron chi connectivity index (χ3n) is 5.63. The second kappa shape index (κ2) is 8.62. The lowest BCUT2D eigenvalue weighted by Crippen LogP contribution is -2.16. The largest absolute Gasteiger partial charge is 0.507 e. The third kappa shape index (κ3) is 4.14. The Bertz CT molecular complexity index is 1460. The third-order valence-corrected chi connectivity index (χ3v) is 5.63. The highest BCUT2D eigenvalue weighted by Crippen LogP contribution is 2.44. The van der Waals surface area contributed by atoms with Crippen LogP contribution in [0.4, 0.5) is 0 Å². The number of carboxylic acid groups (broad SMARTS) is 2. The Hall–Kier alpha value is -4.79. The minimum Gasteiger partial charge on any atom is -0.507 e. The molecule has 1 aromatic heterocycles. The Morgan fingerprint density at radius 2 is 1.65 bits per heavy atom. The number of phenolic OH excluding ortho intramolecular Hbond substituents is 2. The van der Waals surface area contributed by atoms with E-state index < -0.39 is 24.3 Å². The standard InChI is InChI=1S/C25H21N3O6/c26-24(27)12-5-6-19-14(7-12)10-20(28-19)18-9-13(16(25(33)34)11-22(30)31)8-17(23(18)32)15-3-1-2-4-21(15)29/h1-10,16,28-29,32H,11H2,(H3,26,27)(H,30,31)(H,33,34). The van der Waals surface area contributed by atoms with Crippen molar-refractivity contribution < 1.29 is 30.0 Å². The van der Waals surface area contributed by atoms with Crippen LogP contribution in [-0.2, 0) is 9.59 Å². The van der Waals surface area contributed by atoms with Crippen molar-refractivity contribution in [2.75, 3.05) is 0 Å². The van der Waals surface area contributed by atoms with E-state index in [9.17, 15) is 30.0 Å². The van der Waals surface area contributed by atoms with E-state index in [0.29, 0.717) is 22.2 Å². The molecule has 0 spiro atoms. The Morgan fingerprint density at radius 1 is 0.941 bits per heavy atom. The van der Waals surface area contributed by atoms with Gasteiger partial charge >= 0.3 is 11.9 Å². The van der Waals surface area contributed by atoms with Crippen molar-refractivity contribution in [3.8, 4) is 33.9 Å². The first-order chi connectivity index (χ1) is 16.2. The molecule has 0 aliphatic rings. The molecule has 9 nitrogen and oxygen atoms in total. The van der Waals surface area contributed by atoms with E-state index in [1.165, 1.54) is 18.2 Å². The van der Waals surface area contributed by atoms with Gasteiger partial charge in [-0.2, -0.15) is 0 Å². The van der Waals surface area contributed by atoms with Crippen LogP contribution in [-0.4, -0.2) is 43.2 Å². The molecule has 0 bridgehead atoms. The number of nitrogens with one attached hydrogen (secondary N) is 2. The van der Waals surface area contributed by atoms with E-state index in [-0.39, 0.29) is 39.6 Å². The minimum absolute atomic E-state index is 0.102. The van der Waals surface area contributed by atoms with Crippen molar-refractivity contribution in [2.45, 2.75) is 12.3 Å². The fourth-order valence-electron chi connectivity index (χ4n) is 3.94. The number of aliphatic carboxylic acids is 2. The molecule has 172 valence electrons. The van der Waals surface area contributed by atoms with Crippen LogP contribution < -0.4 is 5.73 Å². The number of aromatic amines is 1. The Labute approximate surface area is 193 Å². The van der Waals surface area contributed by atoms with E-state index in [0.717, 1.165) is 0 Å². The lowest BCUT2D eigenvalue weighted by atomic mass is 9.89. The van der Waals surface area contributed by atoms with Crippen molar-refractivity contribution in [3.63, 3.8) is 0 Å². The highest BCUT2D eigenvalue weighted by molar-refractivity contribution is 6.00. The van der Waals surface area contributed by atoms with Crippen molar-refractivity contribution >= 4 is 28.7 Å². The molecule has 0 saturated heterocycles. The number of nitrogen functional groups attached to an aromatic ring is 1. The van der Waals surface area contributed by atoms with E-state index in [1.807, 2.05) is 0 Å². The summed E-state index contributed by atoms with van der Waals surface area (Å²) < 4.78 is 0. The Kier molecular flexibility index (Phi) is 5.68. The summed E-state index contributed by atoms with van der Waals surface area (Å²) in [7, 11) is 0. The van der Waals surface area contributed by atoms with Crippen molar-refractivity contribution in [3.05, 3.63) is 71.8 Å². The van der Waals surface area contributed by atoms with Gasteiger partial charge in [0.1, 0.15) is 17.3 Å². The normalized spacial score (nSPS) is 11.9. The van der Waals surface area contributed by atoms with E-state index >= 15 is 0 Å². The maximum atomic E-state index is 11.9. The number of carboxylic acids is 2. The molecule has 0 radical (unpaired) electrons. The highest BCUT2D eigenvalue weighted by Gasteiger charge is 2.27. The average molecular weight is 459 g/mol. The smallest absolute Gasteiger partial charge is 0.311 e. The number of fused-ring (bicyclic) bond motifs is 1. The number of rotatable bonds is 7. The maximum Gasteiger partial charge on any atom is 0.311 e. The molecule has 9 heteroatoms. The maximum absolute atomic E-state index is 11.9. The molecule has 4 aromatic rings. The summed E-state index contributed by atoms with van der Waals surface area (Å²) in [6, 6.07) is 15.9. The first kappa shape index (κ1) is 22.4. The lowest BCUT2D eigenvalue weighted by Gasteiger charge is -2.17. The molecule has 0 fully saturated rings. The fraction of sp³-hybridized carbons (Fsp3) is 0.0800. The SMILES string of the molecule is N=C(N)c1ccc2[nH]c(-c3cc(C(CC(=O)O)C(=O)O)cc(-c4ccccc4O)c3O)cc2c1. The summed E-state index contributed by atoms with van der Waals surface area (Å²) in [5.74, 6) is -4.44. The molecule has 0 aliphatic heterocycles. The van der Waals surface area contributed by atoms with Crippen molar-refractivity contribution in [1.29, 1.82) is 5.41 Å². The van der Waals surface area contributed by atoms with E-state index in [1.54, 1.807) is 42.5 Å². The molecule has 1 unspecified atom stereocenters.